The summed E-state index contributed by atoms with van der Waals surface area (Å²) in [6.45, 7) is 6.56. The summed E-state index contributed by atoms with van der Waals surface area (Å²) in [6, 6.07) is 2.40. The number of rotatable bonds is 4. The Morgan fingerprint density at radius 1 is 1.10 bits per heavy atom. The van der Waals surface area contributed by atoms with Crippen molar-refractivity contribution >= 4 is 11.7 Å². The highest BCUT2D eigenvalue weighted by molar-refractivity contribution is 5.92. The first-order valence-electron chi connectivity index (χ1n) is 8.54. The molecule has 29 heavy (non-hydrogen) atoms. The molecule has 11 heteroatoms. The molecule has 0 radical (unpaired) electrons. The SMILES string of the molecule is C=C(C)CN(C(=O)N1CCOCC1)c1ccc(C(O)(C(F)(F)F)C(F)(F)F)cc1. The van der Waals surface area contributed by atoms with E-state index in [0.717, 1.165) is 12.1 Å². The second-order valence-corrected chi connectivity index (χ2v) is 6.68. The van der Waals surface area contributed by atoms with E-state index in [1.807, 2.05) is 0 Å². The third kappa shape index (κ3) is 4.67. The molecule has 1 aromatic carbocycles. The Hall–Kier alpha value is -2.27. The molecule has 0 spiro atoms. The highest BCUT2D eigenvalue weighted by atomic mass is 19.4. The summed E-state index contributed by atoms with van der Waals surface area (Å²) in [7, 11) is 0. The largest absolute Gasteiger partial charge is 0.430 e. The van der Waals surface area contributed by atoms with Crippen molar-refractivity contribution in [3.05, 3.63) is 42.0 Å². The lowest BCUT2D eigenvalue weighted by atomic mass is 9.92. The molecule has 0 saturated carbocycles. The number of hydrogen-bond donors (Lipinski definition) is 1. The number of amides is 2. The molecule has 1 fully saturated rings. The van der Waals surface area contributed by atoms with Crippen LogP contribution < -0.4 is 4.90 Å². The van der Waals surface area contributed by atoms with E-state index in [-0.39, 0.29) is 12.2 Å². The van der Waals surface area contributed by atoms with Gasteiger partial charge in [-0.05, 0) is 19.1 Å². The van der Waals surface area contributed by atoms with E-state index in [1.54, 1.807) is 6.92 Å². The van der Waals surface area contributed by atoms with Crippen LogP contribution in [0.3, 0.4) is 0 Å². The van der Waals surface area contributed by atoms with E-state index in [1.165, 1.54) is 9.80 Å². The number of halogens is 6. The van der Waals surface area contributed by atoms with Gasteiger partial charge in [-0.2, -0.15) is 26.3 Å². The summed E-state index contributed by atoms with van der Waals surface area (Å²) >= 11 is 0. The van der Waals surface area contributed by atoms with Crippen molar-refractivity contribution in [1.29, 1.82) is 0 Å². The van der Waals surface area contributed by atoms with E-state index >= 15 is 0 Å². The molecule has 5 nitrogen and oxygen atoms in total. The number of morpholine rings is 1. The minimum Gasteiger partial charge on any atom is -0.378 e. The summed E-state index contributed by atoms with van der Waals surface area (Å²) < 4.78 is 83.3. The number of hydrogen-bond acceptors (Lipinski definition) is 3. The van der Waals surface area contributed by atoms with Crippen LogP contribution in [0.1, 0.15) is 12.5 Å². The topological polar surface area (TPSA) is 53.0 Å². The zero-order valence-corrected chi connectivity index (χ0v) is 15.5. The van der Waals surface area contributed by atoms with Crippen molar-refractivity contribution in [3.8, 4) is 0 Å². The number of alkyl halides is 6. The molecule has 2 rings (SSSR count). The minimum absolute atomic E-state index is 0.0122. The number of urea groups is 1. The van der Waals surface area contributed by atoms with Gasteiger partial charge in [-0.15, -0.1) is 0 Å². The van der Waals surface area contributed by atoms with Crippen LogP contribution in [0, 0.1) is 0 Å². The molecule has 2 amide bonds. The van der Waals surface area contributed by atoms with Crippen molar-refractivity contribution in [2.45, 2.75) is 24.9 Å². The number of carbonyl (C=O) groups is 1. The van der Waals surface area contributed by atoms with Gasteiger partial charge in [-0.25, -0.2) is 4.79 Å². The number of nitrogens with zero attached hydrogens (tertiary/aromatic N) is 2. The van der Waals surface area contributed by atoms with Gasteiger partial charge in [0.05, 0.1) is 13.2 Å². The third-order valence-corrected chi connectivity index (χ3v) is 4.36. The van der Waals surface area contributed by atoms with Gasteiger partial charge in [-0.3, -0.25) is 4.90 Å². The van der Waals surface area contributed by atoms with Crippen LogP contribution in [0.5, 0.6) is 0 Å². The molecule has 1 aromatic rings. The predicted octanol–water partition coefficient (Wildman–Crippen LogP) is 3.83. The van der Waals surface area contributed by atoms with Crippen LogP contribution in [0.25, 0.3) is 0 Å². The molecule has 1 heterocycles. The average molecular weight is 426 g/mol. The van der Waals surface area contributed by atoms with E-state index in [2.05, 4.69) is 6.58 Å². The van der Waals surface area contributed by atoms with Gasteiger partial charge in [0, 0.05) is 30.9 Å². The summed E-state index contributed by atoms with van der Waals surface area (Å²) in [5.41, 5.74) is -5.79. The van der Waals surface area contributed by atoms with Gasteiger partial charge < -0.3 is 14.7 Å². The summed E-state index contributed by atoms with van der Waals surface area (Å²) in [5, 5.41) is 9.48. The highest BCUT2D eigenvalue weighted by Crippen LogP contribution is 2.50. The van der Waals surface area contributed by atoms with Crippen LogP contribution in [-0.4, -0.2) is 61.2 Å². The van der Waals surface area contributed by atoms with E-state index in [0.29, 0.717) is 44.0 Å². The molecule has 0 aliphatic carbocycles. The standard InChI is InChI=1S/C18H20F6N2O3/c1-12(2)11-26(15(27)25-7-9-29-10-8-25)14-5-3-13(4-6-14)16(28,17(19,20)21)18(22,23)24/h3-6,28H,1,7-11H2,2H3. The monoisotopic (exact) mass is 426 g/mol. The number of carbonyl (C=O) groups excluding carboxylic acids is 1. The summed E-state index contributed by atoms with van der Waals surface area (Å²) in [5.74, 6) is 0. The molecule has 1 aliphatic heterocycles. The van der Waals surface area contributed by atoms with Crippen LogP contribution in [0.2, 0.25) is 0 Å². The fraction of sp³-hybridized carbons (Fsp3) is 0.500. The normalized spacial score (nSPS) is 15.9. The lowest BCUT2D eigenvalue weighted by Crippen LogP contribution is -2.54. The molecule has 0 aromatic heterocycles. The van der Waals surface area contributed by atoms with E-state index in [4.69, 9.17) is 4.74 Å². The molecule has 0 unspecified atom stereocenters. The fourth-order valence-corrected chi connectivity index (χ4v) is 2.84. The van der Waals surface area contributed by atoms with Crippen LogP contribution in [-0.2, 0) is 10.3 Å². The lowest BCUT2D eigenvalue weighted by molar-refractivity contribution is -0.376. The number of benzene rings is 1. The Morgan fingerprint density at radius 2 is 1.59 bits per heavy atom. The smallest absolute Gasteiger partial charge is 0.378 e. The van der Waals surface area contributed by atoms with Gasteiger partial charge in [0.15, 0.2) is 0 Å². The summed E-state index contributed by atoms with van der Waals surface area (Å²) in [6.07, 6.45) is -12.0. The molecule has 1 saturated heterocycles. The predicted molar refractivity (Wildman–Crippen MR) is 92.4 cm³/mol. The quantitative estimate of drug-likeness (QED) is 0.588. The lowest BCUT2D eigenvalue weighted by Gasteiger charge is -2.34. The van der Waals surface area contributed by atoms with Gasteiger partial charge in [0.2, 0.25) is 0 Å². The van der Waals surface area contributed by atoms with Gasteiger partial charge in [-0.1, -0.05) is 24.3 Å². The minimum atomic E-state index is -5.98. The number of aliphatic hydroxyl groups is 1. The zero-order chi connectivity index (χ0) is 22.0. The Balaban J connectivity index is 2.40. The highest BCUT2D eigenvalue weighted by Gasteiger charge is 2.71. The molecule has 1 aliphatic rings. The van der Waals surface area contributed by atoms with E-state index < -0.39 is 29.5 Å². The molecule has 1 N–H and O–H groups in total. The number of anilines is 1. The van der Waals surface area contributed by atoms with Gasteiger partial charge in [0.1, 0.15) is 0 Å². The molecule has 162 valence electrons. The number of ether oxygens (including phenoxy) is 1. The summed E-state index contributed by atoms with van der Waals surface area (Å²) in [4.78, 5) is 15.4. The Morgan fingerprint density at radius 3 is 2.00 bits per heavy atom. The Labute approximate surface area is 163 Å². The first-order chi connectivity index (χ1) is 13.3. The molecular weight excluding hydrogens is 406 g/mol. The van der Waals surface area contributed by atoms with Crippen LogP contribution in [0.15, 0.2) is 36.4 Å². The van der Waals surface area contributed by atoms with Crippen LogP contribution in [0.4, 0.5) is 36.8 Å². The van der Waals surface area contributed by atoms with Crippen molar-refractivity contribution in [2.75, 3.05) is 37.7 Å². The molecule has 0 bridgehead atoms. The molecule has 0 atom stereocenters. The zero-order valence-electron chi connectivity index (χ0n) is 15.5. The first-order valence-corrected chi connectivity index (χ1v) is 8.54. The second-order valence-electron chi connectivity index (χ2n) is 6.68. The maximum atomic E-state index is 13.0. The fourth-order valence-electron chi connectivity index (χ4n) is 2.84. The molecular formula is C18H20F6N2O3. The van der Waals surface area contributed by atoms with Crippen molar-refractivity contribution in [2.24, 2.45) is 0 Å². The van der Waals surface area contributed by atoms with Crippen molar-refractivity contribution in [1.82, 2.24) is 4.90 Å². The maximum Gasteiger partial charge on any atom is 0.430 e. The van der Waals surface area contributed by atoms with E-state index in [9.17, 15) is 36.2 Å². The van der Waals surface area contributed by atoms with Crippen LogP contribution >= 0.6 is 0 Å². The second kappa shape index (κ2) is 8.23. The Kier molecular flexibility index (Phi) is 6.53. The maximum absolute atomic E-state index is 13.0. The van der Waals surface area contributed by atoms with Crippen molar-refractivity contribution in [3.63, 3.8) is 0 Å². The van der Waals surface area contributed by atoms with Crippen molar-refractivity contribution < 1.29 is 41.0 Å². The average Bonchev–Trinajstić information content (AvgIpc) is 2.64. The van der Waals surface area contributed by atoms with Gasteiger partial charge >= 0.3 is 18.4 Å². The Bertz CT molecular complexity index is 725. The van der Waals surface area contributed by atoms with Gasteiger partial charge in [0.25, 0.3) is 5.60 Å². The first kappa shape index (κ1) is 23.0. The third-order valence-electron chi connectivity index (χ3n) is 4.36.